The van der Waals surface area contributed by atoms with Crippen molar-refractivity contribution >= 4 is 11.9 Å². The van der Waals surface area contributed by atoms with Crippen LogP contribution in [0, 0.1) is 5.41 Å². The molecule has 0 N–H and O–H groups in total. The zero-order valence-corrected chi connectivity index (χ0v) is 15.5. The van der Waals surface area contributed by atoms with E-state index in [4.69, 9.17) is 4.74 Å². The molecule has 0 unspecified atom stereocenters. The van der Waals surface area contributed by atoms with Crippen molar-refractivity contribution in [3.63, 3.8) is 0 Å². The maximum absolute atomic E-state index is 12.4. The molecule has 2 rings (SSSR count). The van der Waals surface area contributed by atoms with E-state index in [1.54, 1.807) is 0 Å². The lowest BCUT2D eigenvalue weighted by atomic mass is 9.80. The van der Waals surface area contributed by atoms with Crippen molar-refractivity contribution < 1.29 is 14.3 Å². The van der Waals surface area contributed by atoms with E-state index in [1.807, 2.05) is 57.0 Å². The number of rotatable bonds is 3. The van der Waals surface area contributed by atoms with Crippen LogP contribution < -0.4 is 0 Å². The number of benzene rings is 1. The van der Waals surface area contributed by atoms with Gasteiger partial charge in [-0.1, -0.05) is 32.9 Å². The number of hydrogen-bond acceptors (Lipinski definition) is 3. The average Bonchev–Trinajstić information content (AvgIpc) is 2.59. The highest BCUT2D eigenvalue weighted by Gasteiger charge is 2.32. The fraction of sp³-hybridized carbons (Fsp3) is 0.600. The Labute approximate surface area is 145 Å². The second kappa shape index (κ2) is 7.37. The summed E-state index contributed by atoms with van der Waals surface area (Å²) in [6.07, 6.45) is 4.21. The minimum atomic E-state index is -0.324. The Morgan fingerprint density at radius 3 is 2.04 bits per heavy atom. The maximum atomic E-state index is 12.4. The van der Waals surface area contributed by atoms with Crippen molar-refractivity contribution in [2.45, 2.75) is 58.4 Å². The van der Waals surface area contributed by atoms with Gasteiger partial charge in [0.1, 0.15) is 0 Å². The van der Waals surface area contributed by atoms with Crippen LogP contribution in [0.4, 0.5) is 0 Å². The van der Waals surface area contributed by atoms with Crippen LogP contribution in [0.5, 0.6) is 0 Å². The fourth-order valence-corrected chi connectivity index (χ4v) is 3.50. The van der Waals surface area contributed by atoms with Crippen molar-refractivity contribution in [2.75, 3.05) is 14.2 Å². The monoisotopic (exact) mass is 331 g/mol. The van der Waals surface area contributed by atoms with Crippen LogP contribution in [-0.4, -0.2) is 37.0 Å². The summed E-state index contributed by atoms with van der Waals surface area (Å²) in [5.74, 6) is 0.423. The number of methoxy groups -OCH3 is 1. The van der Waals surface area contributed by atoms with Crippen LogP contribution in [0.25, 0.3) is 0 Å². The number of nitrogens with zero attached hydrogens (tertiary/aromatic N) is 1. The first kappa shape index (κ1) is 18.5. The Hall–Kier alpha value is -1.84. The molecule has 0 bridgehead atoms. The Morgan fingerprint density at radius 1 is 1.04 bits per heavy atom. The Bertz CT molecular complexity index is 578. The molecule has 1 aromatic carbocycles. The highest BCUT2D eigenvalue weighted by Crippen LogP contribution is 2.35. The van der Waals surface area contributed by atoms with Crippen LogP contribution in [0.1, 0.15) is 68.3 Å². The molecular formula is C20H29NO3. The van der Waals surface area contributed by atoms with Crippen molar-refractivity contribution in [3.8, 4) is 0 Å². The van der Waals surface area contributed by atoms with Gasteiger partial charge >= 0.3 is 5.97 Å². The van der Waals surface area contributed by atoms with Gasteiger partial charge in [0.05, 0.1) is 12.7 Å². The lowest BCUT2D eigenvalue weighted by molar-refractivity contribution is -0.140. The summed E-state index contributed by atoms with van der Waals surface area (Å²) in [4.78, 5) is 25.9. The number of hydrogen-bond donors (Lipinski definition) is 0. The minimum Gasteiger partial charge on any atom is -0.465 e. The summed E-state index contributed by atoms with van der Waals surface area (Å²) >= 11 is 0. The van der Waals surface area contributed by atoms with Gasteiger partial charge < -0.3 is 9.64 Å². The summed E-state index contributed by atoms with van der Waals surface area (Å²) in [6.45, 7) is 5.92. The third-order valence-electron chi connectivity index (χ3n) is 5.01. The zero-order valence-electron chi connectivity index (χ0n) is 15.5. The second-order valence-electron chi connectivity index (χ2n) is 7.79. The Kier molecular flexibility index (Phi) is 5.68. The molecule has 1 fully saturated rings. The summed E-state index contributed by atoms with van der Waals surface area (Å²) in [5.41, 5.74) is 1.53. The molecule has 1 saturated carbocycles. The van der Waals surface area contributed by atoms with Gasteiger partial charge in [-0.3, -0.25) is 4.79 Å². The largest absolute Gasteiger partial charge is 0.465 e. The fourth-order valence-electron chi connectivity index (χ4n) is 3.50. The molecule has 1 aliphatic rings. The first-order chi connectivity index (χ1) is 11.2. The molecule has 0 saturated heterocycles. The standard InChI is InChI=1S/C20H29NO3/c1-20(2,3)19(23)21(4)17-12-10-15(11-13-17)14-6-8-16(9-7-14)18(22)24-5/h6-9,15,17H,10-13H2,1-5H3. The van der Waals surface area contributed by atoms with Crippen molar-refractivity contribution in [1.29, 1.82) is 0 Å². The van der Waals surface area contributed by atoms with Gasteiger partial charge in [0, 0.05) is 18.5 Å². The topological polar surface area (TPSA) is 46.6 Å². The van der Waals surface area contributed by atoms with Crippen LogP contribution in [0.3, 0.4) is 0 Å². The van der Waals surface area contributed by atoms with E-state index in [-0.39, 0.29) is 17.3 Å². The van der Waals surface area contributed by atoms with Gasteiger partial charge in [-0.2, -0.15) is 0 Å². The lowest BCUT2D eigenvalue weighted by Gasteiger charge is -2.37. The van der Waals surface area contributed by atoms with Gasteiger partial charge in [-0.05, 0) is 49.3 Å². The van der Waals surface area contributed by atoms with Gasteiger partial charge in [-0.15, -0.1) is 0 Å². The van der Waals surface area contributed by atoms with E-state index in [1.165, 1.54) is 12.7 Å². The highest BCUT2D eigenvalue weighted by molar-refractivity contribution is 5.89. The maximum Gasteiger partial charge on any atom is 0.337 e. The summed E-state index contributed by atoms with van der Waals surface area (Å²) in [7, 11) is 3.33. The average molecular weight is 331 g/mol. The first-order valence-electron chi connectivity index (χ1n) is 8.69. The van der Waals surface area contributed by atoms with E-state index < -0.39 is 0 Å². The van der Waals surface area contributed by atoms with E-state index in [0.717, 1.165) is 25.7 Å². The molecule has 0 spiro atoms. The Balaban J connectivity index is 1.95. The summed E-state index contributed by atoms with van der Waals surface area (Å²) in [5, 5.41) is 0. The molecular weight excluding hydrogens is 302 g/mol. The zero-order chi connectivity index (χ0) is 17.9. The third kappa shape index (κ3) is 4.16. The molecule has 24 heavy (non-hydrogen) atoms. The number of amides is 1. The van der Waals surface area contributed by atoms with Gasteiger partial charge in [-0.25, -0.2) is 4.79 Å². The smallest absolute Gasteiger partial charge is 0.337 e. The SMILES string of the molecule is COC(=O)c1ccc(C2CCC(N(C)C(=O)C(C)(C)C)CC2)cc1. The predicted molar refractivity (Wildman–Crippen MR) is 95.0 cm³/mol. The van der Waals surface area contributed by atoms with Crippen molar-refractivity contribution in [3.05, 3.63) is 35.4 Å². The van der Waals surface area contributed by atoms with E-state index >= 15 is 0 Å². The molecule has 4 heteroatoms. The molecule has 132 valence electrons. The van der Waals surface area contributed by atoms with Gasteiger partial charge in [0.2, 0.25) is 5.91 Å². The van der Waals surface area contributed by atoms with E-state index in [0.29, 0.717) is 17.5 Å². The number of carbonyl (C=O) groups is 2. The predicted octanol–water partition coefficient (Wildman–Crippen LogP) is 4.00. The number of carbonyl (C=O) groups excluding carboxylic acids is 2. The molecule has 0 aromatic heterocycles. The molecule has 1 amide bonds. The highest BCUT2D eigenvalue weighted by atomic mass is 16.5. The molecule has 0 aliphatic heterocycles. The third-order valence-corrected chi connectivity index (χ3v) is 5.01. The molecule has 4 nitrogen and oxygen atoms in total. The molecule has 0 atom stereocenters. The first-order valence-corrected chi connectivity index (χ1v) is 8.69. The molecule has 1 aliphatic carbocycles. The normalized spacial score (nSPS) is 21.2. The second-order valence-corrected chi connectivity index (χ2v) is 7.79. The van der Waals surface area contributed by atoms with Gasteiger partial charge in [0.15, 0.2) is 0 Å². The minimum absolute atomic E-state index is 0.216. The quantitative estimate of drug-likeness (QED) is 0.786. The molecule has 1 aromatic rings. The lowest BCUT2D eigenvalue weighted by Crippen LogP contribution is -2.44. The Morgan fingerprint density at radius 2 is 1.58 bits per heavy atom. The van der Waals surface area contributed by atoms with Crippen LogP contribution in [-0.2, 0) is 9.53 Å². The van der Waals surface area contributed by atoms with Crippen LogP contribution in [0.2, 0.25) is 0 Å². The summed E-state index contributed by atoms with van der Waals surface area (Å²) in [6, 6.07) is 8.07. The van der Waals surface area contributed by atoms with Crippen molar-refractivity contribution in [1.82, 2.24) is 4.90 Å². The van der Waals surface area contributed by atoms with Gasteiger partial charge in [0.25, 0.3) is 0 Å². The molecule has 0 heterocycles. The number of esters is 1. The molecule has 0 radical (unpaired) electrons. The summed E-state index contributed by atoms with van der Waals surface area (Å²) < 4.78 is 4.74. The van der Waals surface area contributed by atoms with E-state index in [9.17, 15) is 9.59 Å². The van der Waals surface area contributed by atoms with Crippen molar-refractivity contribution in [2.24, 2.45) is 5.41 Å². The number of ether oxygens (including phenoxy) is 1. The van der Waals surface area contributed by atoms with Crippen LogP contribution in [0.15, 0.2) is 24.3 Å². The van der Waals surface area contributed by atoms with Crippen LogP contribution >= 0.6 is 0 Å². The van der Waals surface area contributed by atoms with E-state index in [2.05, 4.69) is 0 Å².